The summed E-state index contributed by atoms with van der Waals surface area (Å²) >= 11 is -1.71. The second-order valence-electron chi connectivity index (χ2n) is 10.7. The Kier molecular flexibility index (Phi) is 11.2. The SMILES string of the molecule is CC.C[SiH2][Zr+2]([C]1=CC=CC1)[CH]1c2cc(C(C)(C)C)ccc2-c2ccc(C(C)(C)C)cc21.[Cl-].[Cl-]. The summed E-state index contributed by atoms with van der Waals surface area (Å²) in [5.74, 6) is 0. The molecule has 0 saturated carbocycles. The Labute approximate surface area is 225 Å². The minimum atomic E-state index is -1.71. The smallest absolute Gasteiger partial charge is 1.00 e. The minimum absolute atomic E-state index is 0. The molecule has 0 radical (unpaired) electrons. The van der Waals surface area contributed by atoms with Gasteiger partial charge in [0.2, 0.25) is 0 Å². The zero-order chi connectivity index (χ0) is 23.0. The predicted octanol–water partition coefficient (Wildman–Crippen LogP) is 1.98. The molecule has 2 aromatic carbocycles. The van der Waals surface area contributed by atoms with E-state index in [1.54, 1.807) is 11.1 Å². The third kappa shape index (κ3) is 6.24. The van der Waals surface area contributed by atoms with Crippen LogP contribution in [0.1, 0.15) is 87.7 Å². The maximum absolute atomic E-state index is 2.59. The molecule has 2 aliphatic carbocycles. The quantitative estimate of drug-likeness (QED) is 0.488. The van der Waals surface area contributed by atoms with E-state index >= 15 is 0 Å². The molecule has 0 bridgehead atoms. The Morgan fingerprint density at radius 1 is 0.788 bits per heavy atom. The van der Waals surface area contributed by atoms with Gasteiger partial charge >= 0.3 is 188 Å². The standard InChI is InChI=1S/C21H25.C5H5.C2H6.CH5Si.2ClH.Zr/c1-20(2,3)16-7-9-18-14(12-16)11-15-13-17(21(4,5)6)8-10-19(15)18;1-2-4-5-3-1;2*1-2;;;/h7-13H,1-6H3;1-3H,4H2;1-2H3;2H2,1H3;2*1H;/q;;;;;;+2/p-2. The van der Waals surface area contributed by atoms with Crippen molar-refractivity contribution in [3.05, 3.63) is 80.2 Å². The first-order valence-corrected chi connectivity index (χ1v) is 22.1. The summed E-state index contributed by atoms with van der Waals surface area (Å²) < 4.78 is 2.57. The van der Waals surface area contributed by atoms with Gasteiger partial charge in [-0.3, -0.25) is 0 Å². The van der Waals surface area contributed by atoms with Gasteiger partial charge in [0.1, 0.15) is 0 Å². The fourth-order valence-corrected chi connectivity index (χ4v) is 21.9. The molecular weight excluding hydrogens is 539 g/mol. The zero-order valence-electron chi connectivity index (χ0n) is 21.9. The third-order valence-corrected chi connectivity index (χ3v) is 24.3. The normalized spacial score (nSPS) is 14.6. The Hall–Kier alpha value is -0.400. The Morgan fingerprint density at radius 3 is 1.58 bits per heavy atom. The first-order chi connectivity index (χ1) is 14.6. The van der Waals surface area contributed by atoms with Crippen LogP contribution < -0.4 is 24.8 Å². The minimum Gasteiger partial charge on any atom is -1.00 e. The Bertz CT molecular complexity index is 946. The summed E-state index contributed by atoms with van der Waals surface area (Å²) in [5.41, 5.74) is 9.74. The van der Waals surface area contributed by atoms with Gasteiger partial charge in [0.25, 0.3) is 0 Å². The number of benzene rings is 2. The van der Waals surface area contributed by atoms with Crippen molar-refractivity contribution in [1.29, 1.82) is 0 Å². The molecule has 33 heavy (non-hydrogen) atoms. The van der Waals surface area contributed by atoms with Crippen molar-refractivity contribution in [3.63, 3.8) is 0 Å². The molecule has 0 atom stereocenters. The molecule has 0 fully saturated rings. The number of rotatable bonds is 3. The van der Waals surface area contributed by atoms with Crippen LogP contribution in [0.2, 0.25) is 6.55 Å². The van der Waals surface area contributed by atoms with E-state index in [1.807, 2.05) is 17.1 Å². The van der Waals surface area contributed by atoms with E-state index in [2.05, 4.69) is 103 Å². The fraction of sp³-hybridized carbons (Fsp3) is 0.448. The molecule has 0 aromatic heterocycles. The number of fused-ring (bicyclic) bond motifs is 3. The summed E-state index contributed by atoms with van der Waals surface area (Å²) in [6.45, 7) is 20.7. The van der Waals surface area contributed by atoms with Crippen molar-refractivity contribution >= 4 is 6.65 Å². The molecule has 0 unspecified atom stereocenters. The fourth-order valence-electron chi connectivity index (χ4n) is 4.87. The van der Waals surface area contributed by atoms with Gasteiger partial charge in [-0.2, -0.15) is 0 Å². The van der Waals surface area contributed by atoms with Gasteiger partial charge in [0.15, 0.2) is 0 Å². The van der Waals surface area contributed by atoms with Crippen LogP contribution in [0.25, 0.3) is 11.1 Å². The topological polar surface area (TPSA) is 0 Å². The van der Waals surface area contributed by atoms with Crippen LogP contribution in [0.5, 0.6) is 0 Å². The van der Waals surface area contributed by atoms with Gasteiger partial charge in [0.05, 0.1) is 0 Å². The molecule has 0 heterocycles. The van der Waals surface area contributed by atoms with Gasteiger partial charge in [0, 0.05) is 0 Å². The van der Waals surface area contributed by atoms with E-state index < -0.39 is 20.9 Å². The average Bonchev–Trinajstić information content (AvgIpc) is 3.36. The first-order valence-electron chi connectivity index (χ1n) is 12.1. The van der Waals surface area contributed by atoms with Gasteiger partial charge in [-0.25, -0.2) is 0 Å². The molecule has 4 rings (SSSR count). The molecule has 0 amide bonds. The molecule has 0 saturated heterocycles. The van der Waals surface area contributed by atoms with Crippen molar-refractivity contribution in [2.75, 3.05) is 0 Å². The maximum Gasteiger partial charge on any atom is -1.00 e. The summed E-state index contributed by atoms with van der Waals surface area (Å²) in [5, 5.41) is 0. The summed E-state index contributed by atoms with van der Waals surface area (Å²) in [6, 6.07) is 14.8. The molecule has 0 aliphatic heterocycles. The van der Waals surface area contributed by atoms with E-state index in [0.29, 0.717) is 0 Å². The van der Waals surface area contributed by atoms with E-state index in [1.165, 1.54) is 28.7 Å². The van der Waals surface area contributed by atoms with Crippen molar-refractivity contribution in [2.45, 2.75) is 82.8 Å². The molecule has 2 aliphatic rings. The van der Waals surface area contributed by atoms with E-state index in [4.69, 9.17) is 0 Å². The Balaban J connectivity index is 0.00000133. The van der Waals surface area contributed by atoms with Crippen molar-refractivity contribution in [3.8, 4) is 11.1 Å². The first kappa shape index (κ1) is 30.6. The van der Waals surface area contributed by atoms with Gasteiger partial charge < -0.3 is 24.8 Å². The molecule has 0 nitrogen and oxygen atoms in total. The molecule has 4 heteroatoms. The van der Waals surface area contributed by atoms with Crippen LogP contribution in [0.15, 0.2) is 57.9 Å². The summed E-state index contributed by atoms with van der Waals surface area (Å²) in [6.07, 6.45) is 8.42. The molecule has 179 valence electrons. The van der Waals surface area contributed by atoms with Crippen LogP contribution in [-0.4, -0.2) is 6.65 Å². The molecule has 0 N–H and O–H groups in total. The van der Waals surface area contributed by atoms with Crippen LogP contribution in [0.3, 0.4) is 0 Å². The van der Waals surface area contributed by atoms with E-state index in [-0.39, 0.29) is 42.3 Å². The monoisotopic (exact) mass is 577 g/mol. The maximum atomic E-state index is 2.59. The second-order valence-corrected chi connectivity index (χ2v) is 26.7. The van der Waals surface area contributed by atoms with Crippen LogP contribution in [0, 0.1) is 0 Å². The van der Waals surface area contributed by atoms with Crippen molar-refractivity contribution in [2.24, 2.45) is 0 Å². The van der Waals surface area contributed by atoms with E-state index in [0.717, 1.165) is 3.63 Å². The average molecular weight is 580 g/mol. The van der Waals surface area contributed by atoms with Crippen LogP contribution in [0.4, 0.5) is 0 Å². The molecule has 2 aromatic rings. The summed E-state index contributed by atoms with van der Waals surface area (Å²) in [7, 11) is 0. The second kappa shape index (κ2) is 12.0. The van der Waals surface area contributed by atoms with Gasteiger partial charge in [-0.05, 0) is 0 Å². The number of hydrogen-bond donors (Lipinski definition) is 0. The third-order valence-electron chi connectivity index (χ3n) is 6.66. The molecule has 0 spiro atoms. The predicted molar refractivity (Wildman–Crippen MR) is 139 cm³/mol. The van der Waals surface area contributed by atoms with Crippen LogP contribution >= 0.6 is 0 Å². The number of hydrogen-bond acceptors (Lipinski definition) is 0. The zero-order valence-corrected chi connectivity index (χ0v) is 27.3. The largest absolute Gasteiger partial charge is 1.00 e. The van der Waals surface area contributed by atoms with E-state index in [9.17, 15) is 0 Å². The van der Waals surface area contributed by atoms with Crippen molar-refractivity contribution in [1.82, 2.24) is 0 Å². The van der Waals surface area contributed by atoms with Gasteiger partial charge in [-0.15, -0.1) is 0 Å². The Morgan fingerprint density at radius 2 is 1.24 bits per heavy atom. The van der Waals surface area contributed by atoms with Crippen LogP contribution in [-0.2, 0) is 31.7 Å². The summed E-state index contributed by atoms with van der Waals surface area (Å²) in [4.78, 5) is 0. The number of halogens is 2. The number of allylic oxidation sites excluding steroid dienone is 4. The van der Waals surface area contributed by atoms with Gasteiger partial charge in [-0.1, -0.05) is 13.8 Å². The van der Waals surface area contributed by atoms with Crippen molar-refractivity contribution < 1.29 is 45.7 Å². The molecular formula is C29H41Cl2SiZr.